The molecule has 0 aliphatic heterocycles. The van der Waals surface area contributed by atoms with E-state index in [9.17, 15) is 4.79 Å². The molecule has 0 fully saturated rings. The summed E-state index contributed by atoms with van der Waals surface area (Å²) in [5.41, 5.74) is 7.30. The molecule has 104 valence electrons. The average Bonchev–Trinajstić information content (AvgIpc) is 2.48. The lowest BCUT2D eigenvalue weighted by Gasteiger charge is -2.12. The minimum absolute atomic E-state index is 0.189. The number of hydrogen-bond acceptors (Lipinski definition) is 4. The van der Waals surface area contributed by atoms with E-state index >= 15 is 0 Å². The van der Waals surface area contributed by atoms with Crippen LogP contribution in [0.3, 0.4) is 0 Å². The molecule has 0 bridgehead atoms. The number of methoxy groups -OCH3 is 1. The second kappa shape index (κ2) is 6.43. The zero-order chi connectivity index (χ0) is 14.5. The van der Waals surface area contributed by atoms with Crippen LogP contribution in [0.2, 0.25) is 0 Å². The van der Waals surface area contributed by atoms with Gasteiger partial charge in [0.15, 0.2) is 0 Å². The maximum atomic E-state index is 12.2. The molecule has 0 unspecified atom stereocenters. The number of nitrogen functional groups attached to an aromatic ring is 1. The van der Waals surface area contributed by atoms with Crippen LogP contribution in [-0.2, 0) is 11.3 Å². The van der Waals surface area contributed by atoms with Crippen molar-refractivity contribution in [3.63, 3.8) is 0 Å². The van der Waals surface area contributed by atoms with Crippen LogP contribution < -0.4 is 10.5 Å². The van der Waals surface area contributed by atoms with Gasteiger partial charge in [-0.3, -0.25) is 0 Å². The number of carbonyl (C=O) groups excluding carboxylic acids is 1. The third kappa shape index (κ3) is 3.11. The first-order chi connectivity index (χ1) is 9.63. The Labute approximate surface area is 125 Å². The van der Waals surface area contributed by atoms with Gasteiger partial charge in [0.1, 0.15) is 17.9 Å². The normalized spacial score (nSPS) is 10.1. The van der Waals surface area contributed by atoms with Crippen molar-refractivity contribution in [3.05, 3.63) is 58.1 Å². The number of hydrogen-bond donors (Lipinski definition) is 1. The van der Waals surface area contributed by atoms with Gasteiger partial charge in [0.25, 0.3) is 0 Å². The van der Waals surface area contributed by atoms with Crippen molar-refractivity contribution in [2.45, 2.75) is 6.61 Å². The van der Waals surface area contributed by atoms with E-state index in [4.69, 9.17) is 15.2 Å². The van der Waals surface area contributed by atoms with Crippen molar-refractivity contribution in [1.82, 2.24) is 0 Å². The van der Waals surface area contributed by atoms with E-state index in [1.54, 1.807) is 12.1 Å². The smallest absolute Gasteiger partial charge is 0.344 e. The number of ether oxygens (including phenoxy) is 2. The standard InChI is InChI=1S/C15H14BrNO3/c1-19-14-11(16)7-8-12(17)13(14)15(18)20-9-10-5-3-2-4-6-10/h2-8H,9,17H2,1H3. The van der Waals surface area contributed by atoms with Crippen LogP contribution in [0, 0.1) is 0 Å². The number of esters is 1. The first-order valence-corrected chi connectivity index (χ1v) is 6.75. The molecule has 20 heavy (non-hydrogen) atoms. The van der Waals surface area contributed by atoms with Crippen LogP contribution in [0.5, 0.6) is 5.75 Å². The van der Waals surface area contributed by atoms with Crippen LogP contribution in [-0.4, -0.2) is 13.1 Å². The Morgan fingerprint density at radius 3 is 2.55 bits per heavy atom. The van der Waals surface area contributed by atoms with Crippen LogP contribution in [0.25, 0.3) is 0 Å². The summed E-state index contributed by atoms with van der Waals surface area (Å²) in [5.74, 6) is -0.132. The third-order valence-corrected chi connectivity index (χ3v) is 3.39. The number of halogens is 1. The van der Waals surface area contributed by atoms with Gasteiger partial charge in [0.2, 0.25) is 0 Å². The van der Waals surface area contributed by atoms with E-state index in [-0.39, 0.29) is 12.2 Å². The van der Waals surface area contributed by atoms with Crippen molar-refractivity contribution >= 4 is 27.6 Å². The largest absolute Gasteiger partial charge is 0.495 e. The molecule has 2 aromatic rings. The van der Waals surface area contributed by atoms with Crippen molar-refractivity contribution in [2.75, 3.05) is 12.8 Å². The van der Waals surface area contributed by atoms with Gasteiger partial charge in [-0.05, 0) is 33.6 Å². The Bertz CT molecular complexity index is 614. The van der Waals surface area contributed by atoms with E-state index in [1.807, 2.05) is 30.3 Å². The summed E-state index contributed by atoms with van der Waals surface area (Å²) in [4.78, 5) is 12.2. The predicted octanol–water partition coefficient (Wildman–Crippen LogP) is 3.40. The maximum absolute atomic E-state index is 12.2. The van der Waals surface area contributed by atoms with Gasteiger partial charge in [-0.25, -0.2) is 4.79 Å². The van der Waals surface area contributed by atoms with Crippen LogP contribution in [0.4, 0.5) is 5.69 Å². The lowest BCUT2D eigenvalue weighted by atomic mass is 10.1. The first-order valence-electron chi connectivity index (χ1n) is 5.96. The number of benzene rings is 2. The van der Waals surface area contributed by atoms with E-state index in [1.165, 1.54) is 7.11 Å². The molecule has 2 aromatic carbocycles. The first kappa shape index (κ1) is 14.4. The molecule has 0 aliphatic carbocycles. The fourth-order valence-electron chi connectivity index (χ4n) is 1.78. The molecule has 4 nitrogen and oxygen atoms in total. The molecule has 0 saturated heterocycles. The molecule has 0 saturated carbocycles. The second-order valence-electron chi connectivity index (χ2n) is 4.11. The molecule has 0 spiro atoms. The summed E-state index contributed by atoms with van der Waals surface area (Å²) in [6.07, 6.45) is 0. The van der Waals surface area contributed by atoms with E-state index in [0.717, 1.165) is 5.56 Å². The summed E-state index contributed by atoms with van der Waals surface area (Å²) in [6, 6.07) is 12.8. The van der Waals surface area contributed by atoms with Gasteiger partial charge in [-0.2, -0.15) is 0 Å². The molecule has 0 amide bonds. The molecule has 0 atom stereocenters. The minimum Gasteiger partial charge on any atom is -0.495 e. The number of rotatable bonds is 4. The second-order valence-corrected chi connectivity index (χ2v) is 4.96. The zero-order valence-corrected chi connectivity index (χ0v) is 12.5. The summed E-state index contributed by atoms with van der Waals surface area (Å²) in [6.45, 7) is 0.189. The van der Waals surface area contributed by atoms with E-state index < -0.39 is 5.97 Å². The Balaban J connectivity index is 2.19. The lowest BCUT2D eigenvalue weighted by Crippen LogP contribution is -2.10. The average molecular weight is 336 g/mol. The molecule has 0 radical (unpaired) electrons. The molecular formula is C15H14BrNO3. The van der Waals surface area contributed by atoms with E-state index in [0.29, 0.717) is 15.9 Å². The summed E-state index contributed by atoms with van der Waals surface area (Å²) < 4.78 is 11.1. The van der Waals surface area contributed by atoms with Crippen LogP contribution in [0.15, 0.2) is 46.9 Å². The van der Waals surface area contributed by atoms with E-state index in [2.05, 4.69) is 15.9 Å². The molecule has 0 aliphatic rings. The molecular weight excluding hydrogens is 322 g/mol. The number of carbonyl (C=O) groups is 1. The molecule has 2 rings (SSSR count). The highest BCUT2D eigenvalue weighted by atomic mass is 79.9. The number of nitrogens with two attached hydrogens (primary N) is 1. The molecule has 2 N–H and O–H groups in total. The maximum Gasteiger partial charge on any atom is 0.344 e. The van der Waals surface area contributed by atoms with Crippen molar-refractivity contribution in [3.8, 4) is 5.75 Å². The highest BCUT2D eigenvalue weighted by Crippen LogP contribution is 2.33. The quantitative estimate of drug-likeness (QED) is 0.687. The minimum atomic E-state index is -0.510. The third-order valence-electron chi connectivity index (χ3n) is 2.76. The Hall–Kier alpha value is -2.01. The van der Waals surface area contributed by atoms with Gasteiger partial charge in [0, 0.05) is 5.69 Å². The fourth-order valence-corrected chi connectivity index (χ4v) is 2.27. The van der Waals surface area contributed by atoms with Gasteiger partial charge >= 0.3 is 5.97 Å². The monoisotopic (exact) mass is 335 g/mol. The Morgan fingerprint density at radius 2 is 1.90 bits per heavy atom. The van der Waals surface area contributed by atoms with Gasteiger partial charge in [-0.15, -0.1) is 0 Å². The zero-order valence-electron chi connectivity index (χ0n) is 10.9. The van der Waals surface area contributed by atoms with Gasteiger partial charge in [0.05, 0.1) is 11.6 Å². The number of anilines is 1. The highest BCUT2D eigenvalue weighted by molar-refractivity contribution is 9.10. The van der Waals surface area contributed by atoms with Gasteiger partial charge < -0.3 is 15.2 Å². The molecule has 5 heteroatoms. The lowest BCUT2D eigenvalue weighted by molar-refractivity contribution is 0.0470. The van der Waals surface area contributed by atoms with Gasteiger partial charge in [-0.1, -0.05) is 30.3 Å². The summed E-state index contributed by atoms with van der Waals surface area (Å²) in [7, 11) is 1.48. The summed E-state index contributed by atoms with van der Waals surface area (Å²) >= 11 is 3.32. The summed E-state index contributed by atoms with van der Waals surface area (Å²) in [5, 5.41) is 0. The Morgan fingerprint density at radius 1 is 1.20 bits per heavy atom. The SMILES string of the molecule is COc1c(Br)ccc(N)c1C(=O)OCc1ccccc1. The predicted molar refractivity (Wildman–Crippen MR) is 80.7 cm³/mol. The Kier molecular flexibility index (Phi) is 4.63. The highest BCUT2D eigenvalue weighted by Gasteiger charge is 2.20. The van der Waals surface area contributed by atoms with Crippen molar-refractivity contribution in [1.29, 1.82) is 0 Å². The molecule has 0 aromatic heterocycles. The van der Waals surface area contributed by atoms with Crippen LogP contribution in [0.1, 0.15) is 15.9 Å². The molecule has 0 heterocycles. The topological polar surface area (TPSA) is 61.5 Å². The fraction of sp³-hybridized carbons (Fsp3) is 0.133. The van der Waals surface area contributed by atoms with Crippen molar-refractivity contribution < 1.29 is 14.3 Å². The van der Waals surface area contributed by atoms with Crippen LogP contribution >= 0.6 is 15.9 Å². The van der Waals surface area contributed by atoms with Crippen molar-refractivity contribution in [2.24, 2.45) is 0 Å².